The van der Waals surface area contributed by atoms with E-state index in [-0.39, 0.29) is 22.7 Å². The molecule has 1 heterocycles. The third-order valence-corrected chi connectivity index (χ3v) is 6.42. The van der Waals surface area contributed by atoms with Crippen LogP contribution in [0.2, 0.25) is 0 Å². The Labute approximate surface area is 172 Å². The number of benzene rings is 1. The van der Waals surface area contributed by atoms with Gasteiger partial charge >= 0.3 is 5.97 Å². The SMILES string of the molecule is CCOC(=O)C1CCN(C(=O)[C@@H](C)NS(=O)(=O)c2ccc(OCC)c(C)c2)CC1. The molecule has 1 fully saturated rings. The molecule has 8 nitrogen and oxygen atoms in total. The number of aryl methyl sites for hydroxylation is 1. The Morgan fingerprint density at radius 2 is 1.86 bits per heavy atom. The van der Waals surface area contributed by atoms with E-state index in [1.807, 2.05) is 6.92 Å². The molecule has 162 valence electrons. The molecule has 0 unspecified atom stereocenters. The minimum atomic E-state index is -3.86. The first-order valence-electron chi connectivity index (χ1n) is 9.90. The molecule has 9 heteroatoms. The van der Waals surface area contributed by atoms with Gasteiger partial charge in [0, 0.05) is 13.1 Å². The molecule has 0 aromatic heterocycles. The number of rotatable bonds is 8. The summed E-state index contributed by atoms with van der Waals surface area (Å²) >= 11 is 0. The Balaban J connectivity index is 1.98. The number of nitrogens with one attached hydrogen (secondary N) is 1. The van der Waals surface area contributed by atoms with Gasteiger partial charge in [-0.3, -0.25) is 9.59 Å². The van der Waals surface area contributed by atoms with Gasteiger partial charge in [-0.05, 0) is 64.3 Å². The van der Waals surface area contributed by atoms with Gasteiger partial charge in [-0.25, -0.2) is 8.42 Å². The smallest absolute Gasteiger partial charge is 0.309 e. The summed E-state index contributed by atoms with van der Waals surface area (Å²) in [6.07, 6.45) is 1.03. The van der Waals surface area contributed by atoms with Gasteiger partial charge in [0.2, 0.25) is 15.9 Å². The van der Waals surface area contributed by atoms with Gasteiger partial charge in [0.15, 0.2) is 0 Å². The molecule has 0 radical (unpaired) electrons. The van der Waals surface area contributed by atoms with Crippen molar-refractivity contribution in [3.63, 3.8) is 0 Å². The van der Waals surface area contributed by atoms with Crippen molar-refractivity contribution < 1.29 is 27.5 Å². The van der Waals surface area contributed by atoms with Crippen LogP contribution >= 0.6 is 0 Å². The van der Waals surface area contributed by atoms with Crippen molar-refractivity contribution in [1.82, 2.24) is 9.62 Å². The number of likely N-dealkylation sites (tertiary alicyclic amines) is 1. The quantitative estimate of drug-likeness (QED) is 0.637. The zero-order chi connectivity index (χ0) is 21.6. The molecule has 1 aromatic rings. The minimum Gasteiger partial charge on any atom is -0.494 e. The zero-order valence-corrected chi connectivity index (χ0v) is 18.3. The number of piperidine rings is 1. The number of hydrogen-bond donors (Lipinski definition) is 1. The summed E-state index contributed by atoms with van der Waals surface area (Å²) in [5.74, 6) is -0.129. The van der Waals surface area contributed by atoms with Crippen molar-refractivity contribution >= 4 is 21.9 Å². The lowest BCUT2D eigenvalue weighted by Crippen LogP contribution is -2.49. The first-order valence-corrected chi connectivity index (χ1v) is 11.4. The lowest BCUT2D eigenvalue weighted by molar-refractivity contribution is -0.151. The predicted octanol–water partition coefficient (Wildman–Crippen LogP) is 1.86. The molecule has 0 aliphatic carbocycles. The summed E-state index contributed by atoms with van der Waals surface area (Å²) in [5, 5.41) is 0. The Bertz CT molecular complexity index is 831. The molecule has 1 aliphatic rings. The molecule has 1 N–H and O–H groups in total. The first-order chi connectivity index (χ1) is 13.7. The molecule has 1 amide bonds. The van der Waals surface area contributed by atoms with Crippen LogP contribution < -0.4 is 9.46 Å². The van der Waals surface area contributed by atoms with Gasteiger partial charge in [-0.15, -0.1) is 0 Å². The molecule has 29 heavy (non-hydrogen) atoms. The molecule has 0 bridgehead atoms. The number of carbonyl (C=O) groups excluding carboxylic acids is 2. The largest absolute Gasteiger partial charge is 0.494 e. The highest BCUT2D eigenvalue weighted by Crippen LogP contribution is 2.23. The van der Waals surface area contributed by atoms with E-state index >= 15 is 0 Å². The number of nitrogens with zero attached hydrogens (tertiary/aromatic N) is 1. The van der Waals surface area contributed by atoms with Crippen molar-refractivity contribution in [2.45, 2.75) is 51.5 Å². The number of sulfonamides is 1. The minimum absolute atomic E-state index is 0.0825. The van der Waals surface area contributed by atoms with E-state index in [1.165, 1.54) is 19.1 Å². The van der Waals surface area contributed by atoms with Crippen molar-refractivity contribution in [3.05, 3.63) is 23.8 Å². The summed E-state index contributed by atoms with van der Waals surface area (Å²) in [4.78, 5) is 26.2. The van der Waals surface area contributed by atoms with Crippen LogP contribution in [-0.4, -0.2) is 57.5 Å². The van der Waals surface area contributed by atoms with Gasteiger partial charge < -0.3 is 14.4 Å². The van der Waals surface area contributed by atoms with E-state index in [0.717, 1.165) is 0 Å². The van der Waals surface area contributed by atoms with E-state index in [1.54, 1.807) is 24.8 Å². The van der Waals surface area contributed by atoms with Crippen molar-refractivity contribution in [2.24, 2.45) is 5.92 Å². The second-order valence-corrected chi connectivity index (χ2v) is 8.77. The average Bonchev–Trinajstić information content (AvgIpc) is 2.69. The molecule has 1 atom stereocenters. The first kappa shape index (κ1) is 23.2. The normalized spacial score (nSPS) is 16.3. The molecular formula is C20H30N2O6S. The van der Waals surface area contributed by atoms with Crippen molar-refractivity contribution in [1.29, 1.82) is 0 Å². The van der Waals surface area contributed by atoms with Crippen LogP contribution in [0.15, 0.2) is 23.1 Å². The average molecular weight is 427 g/mol. The summed E-state index contributed by atoms with van der Waals surface area (Å²) in [6.45, 7) is 8.54. The predicted molar refractivity (Wildman–Crippen MR) is 108 cm³/mol. The van der Waals surface area contributed by atoms with Crippen molar-refractivity contribution in [3.8, 4) is 5.75 Å². The fourth-order valence-corrected chi connectivity index (χ4v) is 4.61. The third kappa shape index (κ3) is 5.93. The Kier molecular flexibility index (Phi) is 8.04. The van der Waals surface area contributed by atoms with Gasteiger partial charge in [0.1, 0.15) is 5.75 Å². The zero-order valence-electron chi connectivity index (χ0n) is 17.4. The molecule has 1 aliphatic heterocycles. The maximum atomic E-state index is 12.7. The van der Waals surface area contributed by atoms with Gasteiger partial charge in [-0.2, -0.15) is 4.72 Å². The fourth-order valence-electron chi connectivity index (χ4n) is 3.33. The van der Waals surface area contributed by atoms with Crippen LogP contribution in [0.3, 0.4) is 0 Å². The van der Waals surface area contributed by atoms with Gasteiger partial charge in [-0.1, -0.05) is 0 Å². The highest BCUT2D eigenvalue weighted by Gasteiger charge is 2.31. The van der Waals surface area contributed by atoms with Crippen LogP contribution in [0.4, 0.5) is 0 Å². The maximum absolute atomic E-state index is 12.7. The standard InChI is InChI=1S/C20H30N2O6S/c1-5-27-18-8-7-17(13-14(18)3)29(25,26)21-15(4)19(23)22-11-9-16(10-12-22)20(24)28-6-2/h7-8,13,15-16,21H,5-6,9-12H2,1-4H3/t15-/m1/s1. The fraction of sp³-hybridized carbons (Fsp3) is 0.600. The van der Waals surface area contributed by atoms with E-state index in [9.17, 15) is 18.0 Å². The number of hydrogen-bond acceptors (Lipinski definition) is 6. The Morgan fingerprint density at radius 3 is 2.41 bits per heavy atom. The van der Waals surface area contributed by atoms with Crippen LogP contribution in [0.25, 0.3) is 0 Å². The van der Waals surface area contributed by atoms with Crippen LogP contribution in [0.5, 0.6) is 5.75 Å². The monoisotopic (exact) mass is 426 g/mol. The van der Waals surface area contributed by atoms with E-state index < -0.39 is 16.1 Å². The van der Waals surface area contributed by atoms with E-state index in [4.69, 9.17) is 9.47 Å². The topological polar surface area (TPSA) is 102 Å². The van der Waals surface area contributed by atoms with E-state index in [2.05, 4.69) is 4.72 Å². The van der Waals surface area contributed by atoms with E-state index in [0.29, 0.717) is 50.5 Å². The number of esters is 1. The second kappa shape index (κ2) is 10.1. The maximum Gasteiger partial charge on any atom is 0.309 e. The molecule has 2 rings (SSSR count). The summed E-state index contributed by atoms with van der Waals surface area (Å²) in [7, 11) is -3.86. The highest BCUT2D eigenvalue weighted by molar-refractivity contribution is 7.89. The van der Waals surface area contributed by atoms with Crippen LogP contribution in [0.1, 0.15) is 39.2 Å². The lowest BCUT2D eigenvalue weighted by atomic mass is 9.96. The second-order valence-electron chi connectivity index (χ2n) is 7.05. The van der Waals surface area contributed by atoms with Crippen molar-refractivity contribution in [2.75, 3.05) is 26.3 Å². The Hall–Kier alpha value is -2.13. The molecule has 1 saturated heterocycles. The summed E-state index contributed by atoms with van der Waals surface area (Å²) in [6, 6.07) is 3.68. The molecule has 1 aromatic carbocycles. The van der Waals surface area contributed by atoms with Crippen LogP contribution in [0, 0.1) is 12.8 Å². The lowest BCUT2D eigenvalue weighted by Gasteiger charge is -2.32. The summed E-state index contributed by atoms with van der Waals surface area (Å²) < 4.78 is 38.3. The highest BCUT2D eigenvalue weighted by atomic mass is 32.2. The summed E-state index contributed by atoms with van der Waals surface area (Å²) in [5.41, 5.74) is 0.703. The van der Waals surface area contributed by atoms with Gasteiger partial charge in [0.25, 0.3) is 0 Å². The third-order valence-electron chi connectivity index (χ3n) is 4.89. The molecular weight excluding hydrogens is 396 g/mol. The number of ether oxygens (including phenoxy) is 2. The number of amides is 1. The van der Waals surface area contributed by atoms with Gasteiger partial charge in [0.05, 0.1) is 30.1 Å². The molecule has 0 spiro atoms. The molecule has 0 saturated carbocycles. The number of carbonyl (C=O) groups is 2. The van der Waals surface area contributed by atoms with Crippen LogP contribution in [-0.2, 0) is 24.3 Å². The Morgan fingerprint density at radius 1 is 1.21 bits per heavy atom.